The summed E-state index contributed by atoms with van der Waals surface area (Å²) >= 11 is 6.05. The van der Waals surface area contributed by atoms with E-state index in [4.69, 9.17) is 11.6 Å². The molecule has 1 spiro atoms. The summed E-state index contributed by atoms with van der Waals surface area (Å²) in [6, 6.07) is 5.47. The minimum atomic E-state index is -2.46. The minimum Gasteiger partial charge on any atom is -0.356 e. The summed E-state index contributed by atoms with van der Waals surface area (Å²) in [4.78, 5) is 10.6. The van der Waals surface area contributed by atoms with Crippen molar-refractivity contribution in [2.24, 2.45) is 5.41 Å². The van der Waals surface area contributed by atoms with Crippen LogP contribution in [0.1, 0.15) is 19.3 Å². The van der Waals surface area contributed by atoms with E-state index >= 15 is 0 Å². The fourth-order valence-electron chi connectivity index (χ4n) is 3.34. The van der Waals surface area contributed by atoms with E-state index in [0.717, 1.165) is 16.7 Å². The third kappa shape index (κ3) is 1.98. The lowest BCUT2D eigenvalue weighted by Crippen LogP contribution is -2.37. The quantitative estimate of drug-likeness (QED) is 0.800. The molecule has 0 bridgehead atoms. The highest BCUT2D eigenvalue weighted by Crippen LogP contribution is 2.65. The molecule has 2 aliphatic rings. The molecular formula is C15H14ClF2N3. The average molecular weight is 310 g/mol. The van der Waals surface area contributed by atoms with Crippen LogP contribution >= 0.6 is 11.6 Å². The topological polar surface area (TPSA) is 29.0 Å². The maximum Gasteiger partial charge on any atom is 0.254 e. The standard InChI is InChI=1S/C15H14ClF2N3/c16-10-1-2-12-11(7-10)13(20-9-19-12)21-5-3-14(4-6-21)8-15(14,17)18/h1-2,7,9H,3-6,8H2. The summed E-state index contributed by atoms with van der Waals surface area (Å²) in [5.74, 6) is -1.67. The summed E-state index contributed by atoms with van der Waals surface area (Å²) in [6.45, 7) is 1.21. The fraction of sp³-hybridized carbons (Fsp3) is 0.467. The van der Waals surface area contributed by atoms with Gasteiger partial charge in [0.2, 0.25) is 0 Å². The Morgan fingerprint density at radius 1 is 1.14 bits per heavy atom. The van der Waals surface area contributed by atoms with Crippen molar-refractivity contribution in [3.8, 4) is 0 Å². The van der Waals surface area contributed by atoms with E-state index in [9.17, 15) is 8.78 Å². The molecule has 110 valence electrons. The number of benzene rings is 1. The van der Waals surface area contributed by atoms with Crippen LogP contribution in [0.3, 0.4) is 0 Å². The second-order valence-corrected chi connectivity index (χ2v) is 6.44. The molecule has 1 aliphatic heterocycles. The van der Waals surface area contributed by atoms with Crippen LogP contribution in [0.15, 0.2) is 24.5 Å². The highest BCUT2D eigenvalue weighted by molar-refractivity contribution is 6.31. The molecule has 1 saturated heterocycles. The second kappa shape index (κ2) is 4.26. The molecule has 3 nitrogen and oxygen atoms in total. The number of aromatic nitrogens is 2. The Labute approximate surface area is 125 Å². The lowest BCUT2D eigenvalue weighted by atomic mass is 9.92. The van der Waals surface area contributed by atoms with E-state index in [1.165, 1.54) is 6.33 Å². The van der Waals surface area contributed by atoms with Crippen molar-refractivity contribution in [2.75, 3.05) is 18.0 Å². The highest BCUT2D eigenvalue weighted by Gasteiger charge is 2.70. The van der Waals surface area contributed by atoms with Gasteiger partial charge in [-0.3, -0.25) is 0 Å². The van der Waals surface area contributed by atoms with Gasteiger partial charge in [-0.2, -0.15) is 0 Å². The van der Waals surface area contributed by atoms with Gasteiger partial charge >= 0.3 is 0 Å². The van der Waals surface area contributed by atoms with Gasteiger partial charge in [0, 0.05) is 35.3 Å². The van der Waals surface area contributed by atoms with E-state index in [0.29, 0.717) is 31.0 Å². The SMILES string of the molecule is FC1(F)CC12CCN(c1ncnc3ccc(Cl)cc13)CC2. The summed E-state index contributed by atoms with van der Waals surface area (Å²) in [5, 5.41) is 1.50. The Bertz CT molecular complexity index is 711. The van der Waals surface area contributed by atoms with Gasteiger partial charge in [-0.15, -0.1) is 0 Å². The van der Waals surface area contributed by atoms with Crippen LogP contribution in [0.5, 0.6) is 0 Å². The Hall–Kier alpha value is -1.49. The molecule has 6 heteroatoms. The number of piperidine rings is 1. The fourth-order valence-corrected chi connectivity index (χ4v) is 3.51. The molecule has 0 unspecified atom stereocenters. The largest absolute Gasteiger partial charge is 0.356 e. The van der Waals surface area contributed by atoms with Crippen molar-refractivity contribution in [3.05, 3.63) is 29.5 Å². The lowest BCUT2D eigenvalue weighted by molar-refractivity contribution is 0.0537. The average Bonchev–Trinajstić information content (AvgIpc) is 2.99. The van der Waals surface area contributed by atoms with Crippen LogP contribution < -0.4 is 4.90 Å². The van der Waals surface area contributed by atoms with Crippen LogP contribution in [0.25, 0.3) is 10.9 Å². The molecule has 1 aromatic carbocycles. The predicted octanol–water partition coefficient (Wildman–Crippen LogP) is 3.91. The Morgan fingerprint density at radius 3 is 2.52 bits per heavy atom. The molecule has 0 N–H and O–H groups in total. The van der Waals surface area contributed by atoms with E-state index in [-0.39, 0.29) is 6.42 Å². The molecule has 21 heavy (non-hydrogen) atoms. The molecule has 0 amide bonds. The molecule has 2 fully saturated rings. The molecule has 0 radical (unpaired) electrons. The third-order valence-corrected chi connectivity index (χ3v) is 5.04. The van der Waals surface area contributed by atoms with Crippen molar-refractivity contribution in [1.82, 2.24) is 9.97 Å². The van der Waals surface area contributed by atoms with Crippen LogP contribution in [-0.2, 0) is 0 Å². The molecule has 2 heterocycles. The first-order chi connectivity index (χ1) is 10.0. The number of rotatable bonds is 1. The third-order valence-electron chi connectivity index (χ3n) is 4.81. The molecular weight excluding hydrogens is 296 g/mol. The van der Waals surface area contributed by atoms with Crippen LogP contribution in [0.4, 0.5) is 14.6 Å². The maximum absolute atomic E-state index is 13.4. The smallest absolute Gasteiger partial charge is 0.254 e. The number of alkyl halides is 2. The first-order valence-corrected chi connectivity index (χ1v) is 7.42. The molecule has 1 aromatic heterocycles. The van der Waals surface area contributed by atoms with Gasteiger partial charge in [0.25, 0.3) is 5.92 Å². The number of anilines is 1. The lowest BCUT2D eigenvalue weighted by Gasteiger charge is -2.33. The molecule has 4 rings (SSSR count). The van der Waals surface area contributed by atoms with E-state index < -0.39 is 11.3 Å². The van der Waals surface area contributed by atoms with Crippen molar-refractivity contribution >= 4 is 28.3 Å². The van der Waals surface area contributed by atoms with Crippen molar-refractivity contribution in [1.29, 1.82) is 0 Å². The van der Waals surface area contributed by atoms with Gasteiger partial charge in [0.05, 0.1) is 5.52 Å². The second-order valence-electron chi connectivity index (χ2n) is 6.01. The number of nitrogens with zero attached hydrogens (tertiary/aromatic N) is 3. The number of hydrogen-bond donors (Lipinski definition) is 0. The monoisotopic (exact) mass is 309 g/mol. The number of fused-ring (bicyclic) bond motifs is 1. The van der Waals surface area contributed by atoms with Crippen molar-refractivity contribution in [3.63, 3.8) is 0 Å². The van der Waals surface area contributed by atoms with Gasteiger partial charge in [-0.25, -0.2) is 18.7 Å². The number of halogens is 3. The minimum absolute atomic E-state index is 0.0458. The van der Waals surface area contributed by atoms with E-state index in [2.05, 4.69) is 14.9 Å². The zero-order chi connectivity index (χ0) is 14.7. The van der Waals surface area contributed by atoms with Crippen LogP contribution in [-0.4, -0.2) is 29.0 Å². The highest BCUT2D eigenvalue weighted by atomic mass is 35.5. The Balaban J connectivity index is 1.65. The van der Waals surface area contributed by atoms with E-state index in [1.54, 1.807) is 6.07 Å². The van der Waals surface area contributed by atoms with Crippen LogP contribution in [0, 0.1) is 5.41 Å². The normalized spacial score (nSPS) is 22.7. The molecule has 1 aliphatic carbocycles. The Morgan fingerprint density at radius 2 is 1.86 bits per heavy atom. The van der Waals surface area contributed by atoms with Crippen molar-refractivity contribution in [2.45, 2.75) is 25.2 Å². The zero-order valence-electron chi connectivity index (χ0n) is 11.3. The molecule has 2 aromatic rings. The summed E-state index contributed by atoms with van der Waals surface area (Å²) < 4.78 is 26.9. The predicted molar refractivity (Wildman–Crippen MR) is 78.0 cm³/mol. The molecule has 0 atom stereocenters. The van der Waals surface area contributed by atoms with Gasteiger partial charge in [-0.05, 0) is 31.0 Å². The van der Waals surface area contributed by atoms with Gasteiger partial charge < -0.3 is 4.90 Å². The van der Waals surface area contributed by atoms with Crippen molar-refractivity contribution < 1.29 is 8.78 Å². The van der Waals surface area contributed by atoms with E-state index in [1.807, 2.05) is 12.1 Å². The summed E-state index contributed by atoms with van der Waals surface area (Å²) in [7, 11) is 0. The van der Waals surface area contributed by atoms with Gasteiger partial charge in [-0.1, -0.05) is 11.6 Å². The first kappa shape index (κ1) is 13.2. The summed E-state index contributed by atoms with van der Waals surface area (Å²) in [6.07, 6.45) is 2.60. The maximum atomic E-state index is 13.4. The Kier molecular flexibility index (Phi) is 2.67. The van der Waals surface area contributed by atoms with Crippen LogP contribution in [0.2, 0.25) is 5.02 Å². The first-order valence-electron chi connectivity index (χ1n) is 7.04. The summed E-state index contributed by atoms with van der Waals surface area (Å²) in [5.41, 5.74) is 0.0747. The molecule has 1 saturated carbocycles. The van der Waals surface area contributed by atoms with Gasteiger partial charge in [0.1, 0.15) is 12.1 Å². The zero-order valence-corrected chi connectivity index (χ0v) is 12.1. The number of hydrogen-bond acceptors (Lipinski definition) is 3. The van der Waals surface area contributed by atoms with Gasteiger partial charge in [0.15, 0.2) is 0 Å².